The molecule has 19 heavy (non-hydrogen) atoms. The summed E-state index contributed by atoms with van der Waals surface area (Å²) < 4.78 is 5.77. The molecule has 1 saturated carbocycles. The topological polar surface area (TPSA) is 47.0 Å². The third-order valence-electron chi connectivity index (χ3n) is 3.14. The third-order valence-corrected chi connectivity index (χ3v) is 3.14. The molecular formula is C15H17N3O. The number of aromatic nitrogens is 2. The summed E-state index contributed by atoms with van der Waals surface area (Å²) in [5.41, 5.74) is 2.06. The lowest BCUT2D eigenvalue weighted by Crippen LogP contribution is -2.15. The van der Waals surface area contributed by atoms with E-state index >= 15 is 0 Å². The molecule has 0 spiro atoms. The van der Waals surface area contributed by atoms with Gasteiger partial charge in [-0.1, -0.05) is 0 Å². The highest BCUT2D eigenvalue weighted by Gasteiger charge is 2.19. The molecule has 0 unspecified atom stereocenters. The van der Waals surface area contributed by atoms with Crippen LogP contribution in [0.5, 0.6) is 11.6 Å². The molecule has 0 atom stereocenters. The standard InChI is InChI=1S/C15H17N3O/c1-11-14(3-2-7-16-11)19-15-9-12(6-8-17-15)10-18-13-4-5-13/h2-3,6-9,13,18H,4-5,10H2,1H3. The molecule has 98 valence electrons. The van der Waals surface area contributed by atoms with Crippen LogP contribution in [-0.4, -0.2) is 16.0 Å². The maximum absolute atomic E-state index is 5.77. The largest absolute Gasteiger partial charge is 0.437 e. The summed E-state index contributed by atoms with van der Waals surface area (Å²) in [5, 5.41) is 3.48. The van der Waals surface area contributed by atoms with Crippen LogP contribution in [0.4, 0.5) is 0 Å². The predicted molar refractivity (Wildman–Crippen MR) is 73.1 cm³/mol. The van der Waals surface area contributed by atoms with Crippen LogP contribution >= 0.6 is 0 Å². The molecule has 0 radical (unpaired) electrons. The third kappa shape index (κ3) is 3.29. The predicted octanol–water partition coefficient (Wildman–Crippen LogP) is 2.83. The number of rotatable bonds is 5. The van der Waals surface area contributed by atoms with Gasteiger partial charge in [0.15, 0.2) is 5.75 Å². The second-order valence-corrected chi connectivity index (χ2v) is 4.85. The average Bonchev–Trinajstić information content (AvgIpc) is 3.24. The molecule has 1 N–H and O–H groups in total. The molecular weight excluding hydrogens is 238 g/mol. The van der Waals surface area contributed by atoms with E-state index in [0.717, 1.165) is 18.0 Å². The fourth-order valence-corrected chi connectivity index (χ4v) is 1.86. The van der Waals surface area contributed by atoms with Crippen molar-refractivity contribution in [3.63, 3.8) is 0 Å². The maximum atomic E-state index is 5.77. The second-order valence-electron chi connectivity index (χ2n) is 4.85. The van der Waals surface area contributed by atoms with Crippen molar-refractivity contribution in [2.75, 3.05) is 0 Å². The summed E-state index contributed by atoms with van der Waals surface area (Å²) >= 11 is 0. The fourth-order valence-electron chi connectivity index (χ4n) is 1.86. The minimum absolute atomic E-state index is 0.617. The lowest BCUT2D eigenvalue weighted by atomic mass is 10.2. The zero-order valence-electron chi connectivity index (χ0n) is 11.0. The van der Waals surface area contributed by atoms with Gasteiger partial charge in [0.1, 0.15) is 0 Å². The molecule has 1 aliphatic carbocycles. The quantitative estimate of drug-likeness (QED) is 0.892. The van der Waals surface area contributed by atoms with Crippen molar-refractivity contribution in [3.05, 3.63) is 47.9 Å². The summed E-state index contributed by atoms with van der Waals surface area (Å²) in [6.07, 6.45) is 6.13. The van der Waals surface area contributed by atoms with Crippen molar-refractivity contribution in [2.24, 2.45) is 0 Å². The second kappa shape index (κ2) is 5.36. The van der Waals surface area contributed by atoms with Crippen molar-refractivity contribution < 1.29 is 4.74 Å². The number of ether oxygens (including phenoxy) is 1. The number of nitrogens with one attached hydrogen (secondary N) is 1. The number of hydrogen-bond donors (Lipinski definition) is 1. The first kappa shape index (κ1) is 12.1. The molecule has 0 aromatic carbocycles. The Morgan fingerprint density at radius 1 is 1.26 bits per heavy atom. The molecule has 3 rings (SSSR count). The Labute approximate surface area is 112 Å². The van der Waals surface area contributed by atoms with Crippen molar-refractivity contribution >= 4 is 0 Å². The van der Waals surface area contributed by atoms with Crippen LogP contribution in [-0.2, 0) is 6.54 Å². The van der Waals surface area contributed by atoms with Crippen LogP contribution in [0.1, 0.15) is 24.1 Å². The van der Waals surface area contributed by atoms with E-state index in [1.165, 1.54) is 18.4 Å². The van der Waals surface area contributed by atoms with E-state index in [1.54, 1.807) is 12.4 Å². The van der Waals surface area contributed by atoms with Crippen LogP contribution in [0, 0.1) is 6.92 Å². The summed E-state index contributed by atoms with van der Waals surface area (Å²) in [6.45, 7) is 2.80. The van der Waals surface area contributed by atoms with Gasteiger partial charge in [-0.25, -0.2) is 4.98 Å². The van der Waals surface area contributed by atoms with Crippen LogP contribution < -0.4 is 10.1 Å². The van der Waals surface area contributed by atoms with Crippen LogP contribution in [0.25, 0.3) is 0 Å². The van der Waals surface area contributed by atoms with Gasteiger partial charge in [-0.3, -0.25) is 4.98 Å². The monoisotopic (exact) mass is 255 g/mol. The lowest BCUT2D eigenvalue weighted by molar-refractivity contribution is 0.455. The molecule has 2 heterocycles. The highest BCUT2D eigenvalue weighted by atomic mass is 16.5. The van der Waals surface area contributed by atoms with Crippen molar-refractivity contribution in [1.82, 2.24) is 15.3 Å². The first-order valence-corrected chi connectivity index (χ1v) is 6.59. The first-order valence-electron chi connectivity index (χ1n) is 6.59. The molecule has 0 amide bonds. The molecule has 2 aromatic heterocycles. The zero-order chi connectivity index (χ0) is 13.1. The molecule has 0 aliphatic heterocycles. The van der Waals surface area contributed by atoms with Gasteiger partial charge in [-0.05, 0) is 43.5 Å². The molecule has 2 aromatic rings. The number of aryl methyl sites for hydroxylation is 1. The van der Waals surface area contributed by atoms with Gasteiger partial charge in [-0.15, -0.1) is 0 Å². The van der Waals surface area contributed by atoms with Crippen LogP contribution in [0.3, 0.4) is 0 Å². The number of hydrogen-bond acceptors (Lipinski definition) is 4. The Kier molecular flexibility index (Phi) is 3.42. The molecule has 4 nitrogen and oxygen atoms in total. The summed E-state index contributed by atoms with van der Waals surface area (Å²) in [6, 6.07) is 8.46. The molecule has 4 heteroatoms. The minimum Gasteiger partial charge on any atom is -0.437 e. The fraction of sp³-hybridized carbons (Fsp3) is 0.333. The number of pyridine rings is 2. The summed E-state index contributed by atoms with van der Waals surface area (Å²) in [4.78, 5) is 8.44. The Balaban J connectivity index is 1.70. The number of nitrogens with zero attached hydrogens (tertiary/aromatic N) is 2. The Bertz CT molecular complexity index is 567. The summed E-state index contributed by atoms with van der Waals surface area (Å²) in [5.74, 6) is 1.37. The highest BCUT2D eigenvalue weighted by Crippen LogP contribution is 2.23. The van der Waals surface area contributed by atoms with Gasteiger partial charge in [0.25, 0.3) is 0 Å². The van der Waals surface area contributed by atoms with Gasteiger partial charge >= 0.3 is 0 Å². The van der Waals surface area contributed by atoms with Crippen molar-refractivity contribution in [1.29, 1.82) is 0 Å². The molecule has 1 fully saturated rings. The van der Waals surface area contributed by atoms with Crippen LogP contribution in [0.15, 0.2) is 36.7 Å². The normalized spacial score (nSPS) is 14.4. The highest BCUT2D eigenvalue weighted by molar-refractivity contribution is 5.31. The average molecular weight is 255 g/mol. The lowest BCUT2D eigenvalue weighted by Gasteiger charge is -2.08. The van der Waals surface area contributed by atoms with E-state index in [4.69, 9.17) is 4.74 Å². The van der Waals surface area contributed by atoms with Crippen molar-refractivity contribution in [2.45, 2.75) is 32.4 Å². The van der Waals surface area contributed by atoms with Gasteiger partial charge in [0.2, 0.25) is 5.88 Å². The van der Waals surface area contributed by atoms with E-state index in [9.17, 15) is 0 Å². The first-order chi connectivity index (χ1) is 9.31. The Morgan fingerprint density at radius 3 is 2.95 bits per heavy atom. The van der Waals surface area contributed by atoms with Gasteiger partial charge in [-0.2, -0.15) is 0 Å². The van der Waals surface area contributed by atoms with E-state index in [1.807, 2.05) is 31.2 Å². The maximum Gasteiger partial charge on any atom is 0.219 e. The molecule has 0 saturated heterocycles. The van der Waals surface area contributed by atoms with Crippen LogP contribution in [0.2, 0.25) is 0 Å². The van der Waals surface area contributed by atoms with Gasteiger partial charge in [0.05, 0.1) is 5.69 Å². The smallest absolute Gasteiger partial charge is 0.219 e. The summed E-state index contributed by atoms with van der Waals surface area (Å²) in [7, 11) is 0. The zero-order valence-corrected chi connectivity index (χ0v) is 11.0. The van der Waals surface area contributed by atoms with E-state index in [2.05, 4.69) is 15.3 Å². The Morgan fingerprint density at radius 2 is 2.16 bits per heavy atom. The molecule has 1 aliphatic rings. The Hall–Kier alpha value is -1.94. The van der Waals surface area contributed by atoms with Gasteiger partial charge in [0, 0.05) is 31.0 Å². The van der Waals surface area contributed by atoms with Crippen molar-refractivity contribution in [3.8, 4) is 11.6 Å². The SMILES string of the molecule is Cc1ncccc1Oc1cc(CNC2CC2)ccn1. The molecule has 0 bridgehead atoms. The minimum atomic E-state index is 0.617. The van der Waals surface area contributed by atoms with E-state index < -0.39 is 0 Å². The van der Waals surface area contributed by atoms with Gasteiger partial charge < -0.3 is 10.1 Å². The van der Waals surface area contributed by atoms with E-state index in [-0.39, 0.29) is 0 Å². The van der Waals surface area contributed by atoms with E-state index in [0.29, 0.717) is 11.9 Å².